The highest BCUT2D eigenvalue weighted by Gasteiger charge is 2.26. The van der Waals surface area contributed by atoms with Crippen LogP contribution in [-0.4, -0.2) is 37.1 Å². The maximum absolute atomic E-state index is 11.7. The fourth-order valence-electron chi connectivity index (χ4n) is 3.99. The lowest BCUT2D eigenvalue weighted by Crippen LogP contribution is -2.07. The van der Waals surface area contributed by atoms with E-state index in [1.54, 1.807) is 6.07 Å². The maximum atomic E-state index is 11.7. The molecule has 34 heavy (non-hydrogen) atoms. The molecule has 1 aliphatic rings. The molecular formula is C24H21Cl2N3O4S. The first kappa shape index (κ1) is 24.3. The van der Waals surface area contributed by atoms with Crippen LogP contribution in [-0.2, 0) is 22.9 Å². The number of aromatic nitrogens is 2. The molecule has 176 valence electrons. The van der Waals surface area contributed by atoms with E-state index in [4.69, 9.17) is 32.7 Å². The summed E-state index contributed by atoms with van der Waals surface area (Å²) in [6.45, 7) is 0.367. The Morgan fingerprint density at radius 3 is 2.76 bits per heavy atom. The molecule has 0 N–H and O–H groups in total. The summed E-state index contributed by atoms with van der Waals surface area (Å²) in [5.74, 6) is 1.34. The quantitative estimate of drug-likeness (QED) is 0.315. The van der Waals surface area contributed by atoms with Crippen molar-refractivity contribution < 1.29 is 17.9 Å². The zero-order chi connectivity index (χ0) is 24.3. The lowest BCUT2D eigenvalue weighted by Gasteiger charge is -2.17. The Balaban J connectivity index is 1.57. The van der Waals surface area contributed by atoms with Gasteiger partial charge in [0, 0.05) is 18.4 Å². The van der Waals surface area contributed by atoms with Crippen LogP contribution < -0.4 is 9.47 Å². The molecule has 3 aromatic rings. The number of ether oxygens (including phenoxy) is 2. The van der Waals surface area contributed by atoms with Gasteiger partial charge in [0.25, 0.3) is 0 Å². The minimum absolute atomic E-state index is 0.0566. The normalized spacial score (nSPS) is 14.9. The van der Waals surface area contributed by atoms with E-state index in [1.807, 2.05) is 30.3 Å². The molecule has 0 saturated heterocycles. The highest BCUT2D eigenvalue weighted by Crippen LogP contribution is 2.42. The predicted molar refractivity (Wildman–Crippen MR) is 128 cm³/mol. The van der Waals surface area contributed by atoms with Crippen LogP contribution in [0, 0.1) is 11.3 Å². The van der Waals surface area contributed by atoms with Crippen molar-refractivity contribution in [3.8, 4) is 17.6 Å². The first-order valence-corrected chi connectivity index (χ1v) is 13.3. The number of nitrogens with zero attached hydrogens (tertiary/aromatic N) is 3. The van der Waals surface area contributed by atoms with Crippen LogP contribution in [0.15, 0.2) is 47.8 Å². The Hall–Kier alpha value is -2.86. The van der Waals surface area contributed by atoms with Gasteiger partial charge in [-0.3, -0.25) is 0 Å². The second-order valence-corrected chi connectivity index (χ2v) is 10.6. The van der Waals surface area contributed by atoms with Crippen LogP contribution in [0.25, 0.3) is 0 Å². The molecule has 0 saturated carbocycles. The van der Waals surface area contributed by atoms with E-state index in [0.29, 0.717) is 33.7 Å². The Labute approximate surface area is 208 Å². The van der Waals surface area contributed by atoms with E-state index in [9.17, 15) is 13.7 Å². The molecule has 1 aromatic heterocycles. The van der Waals surface area contributed by atoms with E-state index in [1.165, 1.54) is 11.8 Å². The van der Waals surface area contributed by atoms with Gasteiger partial charge in [-0.05, 0) is 59.9 Å². The summed E-state index contributed by atoms with van der Waals surface area (Å²) in [5.41, 5.74) is 4.08. The van der Waals surface area contributed by atoms with Gasteiger partial charge < -0.3 is 9.47 Å². The minimum atomic E-state index is -3.50. The van der Waals surface area contributed by atoms with Gasteiger partial charge in [-0.2, -0.15) is 5.26 Å². The lowest BCUT2D eigenvalue weighted by molar-refractivity contribution is 0.299. The Morgan fingerprint density at radius 2 is 2.03 bits per heavy atom. The number of hydrogen-bond donors (Lipinski definition) is 0. The topological polar surface area (TPSA) is 102 Å². The van der Waals surface area contributed by atoms with Crippen LogP contribution in [0.3, 0.4) is 0 Å². The Morgan fingerprint density at radius 1 is 1.21 bits per heavy atom. The molecule has 0 aliphatic heterocycles. The molecule has 10 heteroatoms. The van der Waals surface area contributed by atoms with Gasteiger partial charge in [-0.15, -0.1) is 11.6 Å². The molecule has 0 fully saturated rings. The number of halogens is 2. The number of aryl methyl sites for hydroxylation is 1. The van der Waals surface area contributed by atoms with Crippen molar-refractivity contribution in [2.45, 2.75) is 30.5 Å². The summed E-state index contributed by atoms with van der Waals surface area (Å²) in [4.78, 5) is 7.86. The van der Waals surface area contributed by atoms with Crippen LogP contribution in [0.5, 0.6) is 11.5 Å². The van der Waals surface area contributed by atoms with Crippen molar-refractivity contribution >= 4 is 33.0 Å². The highest BCUT2D eigenvalue weighted by atomic mass is 35.5. The van der Waals surface area contributed by atoms with E-state index in [0.717, 1.165) is 30.2 Å². The summed E-state index contributed by atoms with van der Waals surface area (Å²) in [6.07, 6.45) is 4.24. The lowest BCUT2D eigenvalue weighted by atomic mass is 9.91. The van der Waals surface area contributed by atoms with Gasteiger partial charge in [0.15, 0.2) is 5.75 Å². The number of benzene rings is 2. The third-order valence-electron chi connectivity index (χ3n) is 5.52. The summed E-state index contributed by atoms with van der Waals surface area (Å²) >= 11 is 12.2. The fraction of sp³-hybridized carbons (Fsp3) is 0.292. The average Bonchev–Trinajstić information content (AvgIpc) is 3.24. The van der Waals surface area contributed by atoms with Gasteiger partial charge in [-0.1, -0.05) is 17.7 Å². The summed E-state index contributed by atoms with van der Waals surface area (Å²) in [7, 11) is -3.50. The van der Waals surface area contributed by atoms with Crippen LogP contribution >= 0.6 is 23.2 Å². The summed E-state index contributed by atoms with van der Waals surface area (Å²) in [5, 5.41) is 9.76. The molecule has 0 spiro atoms. The maximum Gasteiger partial charge on any atom is 0.247 e. The van der Waals surface area contributed by atoms with Crippen molar-refractivity contribution in [3.63, 3.8) is 0 Å². The predicted octanol–water partition coefficient (Wildman–Crippen LogP) is 4.68. The molecule has 1 heterocycles. The van der Waals surface area contributed by atoms with Gasteiger partial charge in [0.05, 0.1) is 22.2 Å². The minimum Gasteiger partial charge on any atom is -0.489 e. The first-order valence-electron chi connectivity index (χ1n) is 10.5. The number of sulfone groups is 1. The zero-order valence-corrected chi connectivity index (χ0v) is 20.6. The van der Waals surface area contributed by atoms with Crippen LogP contribution in [0.1, 0.15) is 40.3 Å². The molecule has 1 atom stereocenters. The van der Waals surface area contributed by atoms with Crippen LogP contribution in [0.4, 0.5) is 0 Å². The molecular weight excluding hydrogens is 497 g/mol. The van der Waals surface area contributed by atoms with Gasteiger partial charge in [0.2, 0.25) is 15.0 Å². The molecule has 0 bridgehead atoms. The molecule has 0 amide bonds. The third-order valence-corrected chi connectivity index (χ3v) is 6.81. The molecule has 1 unspecified atom stereocenters. The van der Waals surface area contributed by atoms with Crippen molar-refractivity contribution in [1.29, 1.82) is 5.26 Å². The van der Waals surface area contributed by atoms with E-state index in [2.05, 4.69) is 16.0 Å². The van der Waals surface area contributed by atoms with Gasteiger partial charge >= 0.3 is 0 Å². The molecule has 2 aromatic carbocycles. The SMILES string of the molecule is CS(=O)(=O)c1nccc(COc2ccc3c(c2)C(c2cc(Cl)c(OCCCl)c(C#N)c2)CC3)n1. The Bertz CT molecular complexity index is 1370. The van der Waals surface area contributed by atoms with E-state index >= 15 is 0 Å². The molecule has 1 aliphatic carbocycles. The van der Waals surface area contributed by atoms with Gasteiger partial charge in [0.1, 0.15) is 25.0 Å². The number of fused-ring (bicyclic) bond motifs is 1. The average molecular weight is 518 g/mol. The Kier molecular flexibility index (Phi) is 7.27. The van der Waals surface area contributed by atoms with Crippen molar-refractivity contribution in [1.82, 2.24) is 9.97 Å². The summed E-state index contributed by atoms with van der Waals surface area (Å²) in [6, 6.07) is 13.3. The van der Waals surface area contributed by atoms with E-state index in [-0.39, 0.29) is 24.3 Å². The zero-order valence-electron chi connectivity index (χ0n) is 18.3. The second-order valence-electron chi connectivity index (χ2n) is 7.87. The number of alkyl halides is 1. The highest BCUT2D eigenvalue weighted by molar-refractivity contribution is 7.90. The second kappa shape index (κ2) is 10.2. The number of rotatable bonds is 8. The molecule has 4 rings (SSSR count). The standard InChI is InChI=1S/C24H21Cl2N3O4S/c1-34(30,31)24-28-8-6-18(29-24)14-33-19-4-2-15-3-5-20(21(15)12-19)16-10-17(13-27)23(22(26)11-16)32-9-7-25/h2,4,6,8,10-12,20H,3,5,7,9,14H2,1H3. The van der Waals surface area contributed by atoms with Crippen molar-refractivity contribution in [2.24, 2.45) is 0 Å². The largest absolute Gasteiger partial charge is 0.489 e. The third kappa shape index (κ3) is 5.27. The van der Waals surface area contributed by atoms with E-state index < -0.39 is 9.84 Å². The fourth-order valence-corrected chi connectivity index (χ4v) is 4.89. The summed E-state index contributed by atoms with van der Waals surface area (Å²) < 4.78 is 34.9. The monoisotopic (exact) mass is 517 g/mol. The van der Waals surface area contributed by atoms with Crippen LogP contribution in [0.2, 0.25) is 5.02 Å². The molecule has 7 nitrogen and oxygen atoms in total. The smallest absolute Gasteiger partial charge is 0.247 e. The van der Waals surface area contributed by atoms with Crippen molar-refractivity contribution in [3.05, 3.63) is 75.6 Å². The first-order chi connectivity index (χ1) is 16.3. The number of nitriles is 1. The number of hydrogen-bond acceptors (Lipinski definition) is 7. The van der Waals surface area contributed by atoms with Gasteiger partial charge in [-0.25, -0.2) is 18.4 Å². The molecule has 0 radical (unpaired) electrons. The van der Waals surface area contributed by atoms with Crippen molar-refractivity contribution in [2.75, 3.05) is 18.7 Å².